The van der Waals surface area contributed by atoms with Gasteiger partial charge in [-0.3, -0.25) is 0 Å². The average molecular weight is 127 g/mol. The number of hydrogen-bond acceptors (Lipinski definition) is 0. The van der Waals surface area contributed by atoms with Crippen LogP contribution in [0.5, 0.6) is 0 Å². The Labute approximate surface area is 53.1 Å². The average Bonchev–Trinajstić information content (AvgIpc) is 2.14. The third-order valence-corrected chi connectivity index (χ3v) is 3.37. The molecule has 1 unspecified atom stereocenters. The number of thiophene rings is 1. The summed E-state index contributed by atoms with van der Waals surface area (Å²) >= 11 is 0. The van der Waals surface area contributed by atoms with Crippen molar-refractivity contribution in [1.29, 1.82) is 0 Å². The van der Waals surface area contributed by atoms with E-state index < -0.39 is 0 Å². The Balaban J connectivity index is 2.92. The molecule has 1 heteroatoms. The second-order valence-corrected chi connectivity index (χ2v) is 4.17. The van der Waals surface area contributed by atoms with Crippen LogP contribution in [-0.4, -0.2) is 0 Å². The molecule has 1 heterocycles. The van der Waals surface area contributed by atoms with E-state index in [0.717, 1.165) is 0 Å². The summed E-state index contributed by atoms with van der Waals surface area (Å²) in [6.07, 6.45) is 0. The van der Waals surface area contributed by atoms with Crippen molar-refractivity contribution in [1.82, 2.24) is 0 Å². The van der Waals surface area contributed by atoms with Gasteiger partial charge in [0.15, 0.2) is 0 Å². The lowest BCUT2D eigenvalue weighted by molar-refractivity contribution is 1.37. The molecule has 1 atom stereocenters. The highest BCUT2D eigenvalue weighted by Gasteiger charge is 2.01. The molecule has 0 N–H and O–H groups in total. The number of rotatable bonds is 1. The molecular weight excluding hydrogens is 116 g/mol. The highest BCUT2D eigenvalue weighted by molar-refractivity contribution is 7.29. The Morgan fingerprint density at radius 2 is 2.38 bits per heavy atom. The van der Waals surface area contributed by atoms with Crippen LogP contribution in [-0.2, 0) is 5.75 Å². The predicted molar refractivity (Wildman–Crippen MR) is 39.3 cm³/mol. The third-order valence-electron chi connectivity index (χ3n) is 1.30. The van der Waals surface area contributed by atoms with Gasteiger partial charge in [-0.25, -0.2) is 0 Å². The van der Waals surface area contributed by atoms with E-state index in [-0.39, 0.29) is 0 Å². The fraction of sp³-hybridized carbons (Fsp3) is 0.429. The van der Waals surface area contributed by atoms with E-state index >= 15 is 0 Å². The van der Waals surface area contributed by atoms with Crippen LogP contribution in [0.2, 0.25) is 0 Å². The number of aryl methyl sites for hydroxylation is 2. The first kappa shape index (κ1) is 5.83. The van der Waals surface area contributed by atoms with E-state index in [1.807, 2.05) is 0 Å². The van der Waals surface area contributed by atoms with Crippen molar-refractivity contribution in [3.8, 4) is 0 Å². The molecule has 0 bridgehead atoms. The van der Waals surface area contributed by atoms with Crippen molar-refractivity contribution in [3.05, 3.63) is 22.4 Å². The maximum atomic E-state index is 2.29. The third kappa shape index (κ3) is 0.920. The summed E-state index contributed by atoms with van der Waals surface area (Å²) in [7, 11) is 0.502. The van der Waals surface area contributed by atoms with Crippen molar-refractivity contribution in [2.24, 2.45) is 0 Å². The molecular formula is C7H11S+. The van der Waals surface area contributed by atoms with Gasteiger partial charge in [-0.2, -0.15) is 0 Å². The standard InChI is InChI=1S/C7H11S/c1-3-8-6-4-5-7(8)2/h4-6H,3H2,1-2H3/q+1. The lowest BCUT2D eigenvalue weighted by Crippen LogP contribution is -1.61. The van der Waals surface area contributed by atoms with Gasteiger partial charge in [0.05, 0.1) is 0 Å². The molecule has 44 valence electrons. The van der Waals surface area contributed by atoms with Crippen LogP contribution >= 0.6 is 10.5 Å². The maximum Gasteiger partial charge on any atom is 0.147 e. The summed E-state index contributed by atoms with van der Waals surface area (Å²) in [5.74, 6) is 1.28. The van der Waals surface area contributed by atoms with Gasteiger partial charge in [0.25, 0.3) is 0 Å². The lowest BCUT2D eigenvalue weighted by Gasteiger charge is -1.78. The minimum absolute atomic E-state index is 0.502. The smallest absolute Gasteiger partial charge is 0.0204 e. The molecule has 1 aromatic heterocycles. The molecule has 8 heavy (non-hydrogen) atoms. The Hall–Kier alpha value is -0.300. The topological polar surface area (TPSA) is 0 Å². The molecule has 0 nitrogen and oxygen atoms in total. The molecule has 0 saturated carbocycles. The second-order valence-electron chi connectivity index (χ2n) is 1.82. The lowest BCUT2D eigenvalue weighted by atomic mass is 10.5. The van der Waals surface area contributed by atoms with Gasteiger partial charge in [0, 0.05) is 6.92 Å². The molecule has 0 aliphatic heterocycles. The maximum absolute atomic E-state index is 2.29. The van der Waals surface area contributed by atoms with Crippen LogP contribution in [0.4, 0.5) is 0 Å². The summed E-state index contributed by atoms with van der Waals surface area (Å²) < 4.78 is 0. The van der Waals surface area contributed by atoms with Crippen LogP contribution < -0.4 is 0 Å². The van der Waals surface area contributed by atoms with Crippen LogP contribution in [0, 0.1) is 6.92 Å². The zero-order valence-electron chi connectivity index (χ0n) is 5.35. The van der Waals surface area contributed by atoms with Crippen molar-refractivity contribution < 1.29 is 0 Å². The molecule has 0 radical (unpaired) electrons. The van der Waals surface area contributed by atoms with E-state index in [2.05, 4.69) is 31.4 Å². The molecule has 0 aliphatic rings. The normalized spacial score (nSPS) is 12.0. The molecule has 0 spiro atoms. The summed E-state index contributed by atoms with van der Waals surface area (Å²) in [6.45, 7) is 4.43. The SMILES string of the molecule is CC[s+]1cccc1C. The molecule has 1 rings (SSSR count). The minimum Gasteiger partial charge on any atom is -0.0204 e. The van der Waals surface area contributed by atoms with Gasteiger partial charge < -0.3 is 0 Å². The van der Waals surface area contributed by atoms with Crippen LogP contribution in [0.25, 0.3) is 0 Å². The quantitative estimate of drug-likeness (QED) is 0.509. The predicted octanol–water partition coefficient (Wildman–Crippen LogP) is 2.76. The van der Waals surface area contributed by atoms with Crippen molar-refractivity contribution in [3.63, 3.8) is 0 Å². The Kier molecular flexibility index (Phi) is 1.69. The van der Waals surface area contributed by atoms with Crippen molar-refractivity contribution in [2.75, 3.05) is 0 Å². The van der Waals surface area contributed by atoms with E-state index in [9.17, 15) is 0 Å². The summed E-state index contributed by atoms with van der Waals surface area (Å²) in [5, 5.41) is 2.29. The largest absolute Gasteiger partial charge is 0.147 e. The van der Waals surface area contributed by atoms with E-state index in [4.69, 9.17) is 0 Å². The molecule has 1 aromatic rings. The molecule has 0 amide bonds. The van der Waals surface area contributed by atoms with Gasteiger partial charge >= 0.3 is 0 Å². The fourth-order valence-electron chi connectivity index (χ4n) is 0.788. The first-order chi connectivity index (χ1) is 3.84. The van der Waals surface area contributed by atoms with Crippen LogP contribution in [0.3, 0.4) is 0 Å². The van der Waals surface area contributed by atoms with Gasteiger partial charge in [0.1, 0.15) is 16.0 Å². The first-order valence-electron chi connectivity index (χ1n) is 2.89. The zero-order chi connectivity index (χ0) is 5.98. The van der Waals surface area contributed by atoms with Crippen LogP contribution in [0.1, 0.15) is 11.8 Å². The van der Waals surface area contributed by atoms with Gasteiger partial charge in [-0.05, 0) is 29.5 Å². The summed E-state index contributed by atoms with van der Waals surface area (Å²) in [4.78, 5) is 1.53. The van der Waals surface area contributed by atoms with Crippen LogP contribution in [0.15, 0.2) is 17.5 Å². The first-order valence-corrected chi connectivity index (χ1v) is 4.35. The molecule has 0 saturated heterocycles. The highest BCUT2D eigenvalue weighted by Crippen LogP contribution is 2.23. The van der Waals surface area contributed by atoms with E-state index in [1.54, 1.807) is 0 Å². The fourth-order valence-corrected chi connectivity index (χ4v) is 2.17. The van der Waals surface area contributed by atoms with E-state index in [0.29, 0.717) is 10.5 Å². The minimum atomic E-state index is 0.502. The molecule has 0 aromatic carbocycles. The number of hydrogen-bond donors (Lipinski definition) is 0. The van der Waals surface area contributed by atoms with Crippen molar-refractivity contribution >= 4 is 10.5 Å². The van der Waals surface area contributed by atoms with Gasteiger partial charge in [-0.1, -0.05) is 0 Å². The molecule has 0 aliphatic carbocycles. The molecule has 0 fully saturated rings. The Morgan fingerprint density at radius 1 is 1.62 bits per heavy atom. The van der Waals surface area contributed by atoms with Gasteiger partial charge in [0.2, 0.25) is 0 Å². The summed E-state index contributed by atoms with van der Waals surface area (Å²) in [5.41, 5.74) is 0. The highest BCUT2D eigenvalue weighted by atomic mass is 32.2. The second kappa shape index (κ2) is 2.31. The Bertz CT molecular complexity index is 165. The zero-order valence-corrected chi connectivity index (χ0v) is 6.16. The van der Waals surface area contributed by atoms with Crippen molar-refractivity contribution in [2.45, 2.75) is 19.6 Å². The monoisotopic (exact) mass is 127 g/mol. The van der Waals surface area contributed by atoms with Gasteiger partial charge in [-0.15, -0.1) is 0 Å². The van der Waals surface area contributed by atoms with E-state index in [1.165, 1.54) is 10.6 Å². The Morgan fingerprint density at radius 3 is 2.62 bits per heavy atom. The summed E-state index contributed by atoms with van der Waals surface area (Å²) in [6, 6.07) is 4.36.